The highest BCUT2D eigenvalue weighted by molar-refractivity contribution is 6.04. The van der Waals surface area contributed by atoms with E-state index in [2.05, 4.69) is 29.6 Å². The molecule has 0 radical (unpaired) electrons. The fraction of sp³-hybridized carbons (Fsp3) is 0.500. The first-order valence-electron chi connectivity index (χ1n) is 6.28. The summed E-state index contributed by atoms with van der Waals surface area (Å²) in [4.78, 5) is 4.78. The van der Waals surface area contributed by atoms with E-state index >= 15 is 0 Å². The van der Waals surface area contributed by atoms with Gasteiger partial charge < -0.3 is 5.32 Å². The van der Waals surface area contributed by atoms with Crippen LogP contribution in [0.3, 0.4) is 0 Å². The van der Waals surface area contributed by atoms with Gasteiger partial charge in [0, 0.05) is 18.2 Å². The fourth-order valence-electron chi connectivity index (χ4n) is 2.81. The molecule has 0 aromatic heterocycles. The second kappa shape index (κ2) is 4.38. The second-order valence-corrected chi connectivity index (χ2v) is 4.70. The number of nitrogens with one attached hydrogen (secondary N) is 1. The minimum absolute atomic E-state index is 0.683. The minimum atomic E-state index is 0.683. The first kappa shape index (κ1) is 10.0. The zero-order valence-corrected chi connectivity index (χ0v) is 9.58. The standard InChI is InChI=1S/C14H18N2/c1-2-4-13-11(3-1)7-10-16-14(13)12-5-8-15-9-6-12/h1-4,12,15H,5-10H2. The van der Waals surface area contributed by atoms with Gasteiger partial charge >= 0.3 is 0 Å². The maximum Gasteiger partial charge on any atom is 0.0455 e. The Labute approximate surface area is 96.8 Å². The Kier molecular flexibility index (Phi) is 2.75. The maximum absolute atomic E-state index is 4.78. The molecule has 1 saturated heterocycles. The van der Waals surface area contributed by atoms with Crippen molar-refractivity contribution in [2.75, 3.05) is 19.6 Å². The summed E-state index contributed by atoms with van der Waals surface area (Å²) in [5, 5.41) is 3.42. The van der Waals surface area contributed by atoms with Crippen LogP contribution >= 0.6 is 0 Å². The summed E-state index contributed by atoms with van der Waals surface area (Å²) in [6, 6.07) is 8.78. The average molecular weight is 214 g/mol. The number of piperidine rings is 1. The van der Waals surface area contributed by atoms with E-state index in [1.807, 2.05) is 0 Å². The van der Waals surface area contributed by atoms with Crippen LogP contribution in [0.5, 0.6) is 0 Å². The number of hydrogen-bond acceptors (Lipinski definition) is 2. The quantitative estimate of drug-likeness (QED) is 0.760. The van der Waals surface area contributed by atoms with E-state index in [-0.39, 0.29) is 0 Å². The Balaban J connectivity index is 1.92. The third kappa shape index (κ3) is 1.78. The molecule has 1 aromatic rings. The zero-order valence-electron chi connectivity index (χ0n) is 9.58. The van der Waals surface area contributed by atoms with Crippen molar-refractivity contribution in [3.8, 4) is 0 Å². The lowest BCUT2D eigenvalue weighted by molar-refractivity contribution is 0.455. The molecule has 2 heteroatoms. The van der Waals surface area contributed by atoms with Gasteiger partial charge in [-0.15, -0.1) is 0 Å². The molecule has 2 heterocycles. The molecule has 1 fully saturated rings. The topological polar surface area (TPSA) is 24.4 Å². The molecule has 0 atom stereocenters. The van der Waals surface area contributed by atoms with E-state index in [0.717, 1.165) is 26.1 Å². The normalized spacial score (nSPS) is 21.4. The summed E-state index contributed by atoms with van der Waals surface area (Å²) in [5.41, 5.74) is 4.29. The molecule has 0 amide bonds. The molecule has 2 aliphatic heterocycles. The van der Waals surface area contributed by atoms with Crippen LogP contribution in [0.25, 0.3) is 0 Å². The summed E-state index contributed by atoms with van der Waals surface area (Å²) < 4.78 is 0. The highest BCUT2D eigenvalue weighted by Gasteiger charge is 2.23. The van der Waals surface area contributed by atoms with Crippen LogP contribution in [0.1, 0.15) is 24.0 Å². The van der Waals surface area contributed by atoms with Crippen LogP contribution in [-0.4, -0.2) is 25.3 Å². The monoisotopic (exact) mass is 214 g/mol. The second-order valence-electron chi connectivity index (χ2n) is 4.70. The molecule has 3 rings (SSSR count). The molecule has 0 aliphatic carbocycles. The molecule has 16 heavy (non-hydrogen) atoms. The summed E-state index contributed by atoms with van der Waals surface area (Å²) in [5.74, 6) is 0.683. The first-order valence-corrected chi connectivity index (χ1v) is 6.28. The van der Waals surface area contributed by atoms with Gasteiger partial charge in [0.15, 0.2) is 0 Å². The number of nitrogens with zero attached hydrogens (tertiary/aromatic N) is 1. The van der Waals surface area contributed by atoms with Crippen molar-refractivity contribution in [1.29, 1.82) is 0 Å². The van der Waals surface area contributed by atoms with Crippen molar-refractivity contribution in [2.45, 2.75) is 19.3 Å². The van der Waals surface area contributed by atoms with Crippen molar-refractivity contribution in [2.24, 2.45) is 10.9 Å². The lowest BCUT2D eigenvalue weighted by Crippen LogP contribution is -2.33. The molecular weight excluding hydrogens is 196 g/mol. The molecule has 0 saturated carbocycles. The van der Waals surface area contributed by atoms with E-state index < -0.39 is 0 Å². The van der Waals surface area contributed by atoms with E-state index in [9.17, 15) is 0 Å². The highest BCUT2D eigenvalue weighted by Crippen LogP contribution is 2.24. The molecule has 1 N–H and O–H groups in total. The average Bonchev–Trinajstić information content (AvgIpc) is 2.39. The summed E-state index contributed by atoms with van der Waals surface area (Å²) in [6.07, 6.45) is 3.60. The van der Waals surface area contributed by atoms with E-state index in [0.29, 0.717) is 5.92 Å². The molecule has 0 unspecified atom stereocenters. The Morgan fingerprint density at radius 2 is 1.94 bits per heavy atom. The van der Waals surface area contributed by atoms with Crippen LogP contribution in [0, 0.1) is 5.92 Å². The van der Waals surface area contributed by atoms with Crippen LogP contribution in [0.15, 0.2) is 29.3 Å². The van der Waals surface area contributed by atoms with Crippen LogP contribution in [-0.2, 0) is 6.42 Å². The third-order valence-electron chi connectivity index (χ3n) is 3.68. The van der Waals surface area contributed by atoms with Gasteiger partial charge in [0.25, 0.3) is 0 Å². The predicted molar refractivity (Wildman–Crippen MR) is 67.1 cm³/mol. The van der Waals surface area contributed by atoms with Gasteiger partial charge in [0.1, 0.15) is 0 Å². The maximum atomic E-state index is 4.78. The summed E-state index contributed by atoms with van der Waals surface area (Å²) in [7, 11) is 0. The van der Waals surface area contributed by atoms with Gasteiger partial charge in [-0.1, -0.05) is 24.3 Å². The largest absolute Gasteiger partial charge is 0.317 e. The molecule has 84 valence electrons. The van der Waals surface area contributed by atoms with Crippen molar-refractivity contribution in [3.63, 3.8) is 0 Å². The smallest absolute Gasteiger partial charge is 0.0455 e. The number of hydrogen-bond donors (Lipinski definition) is 1. The molecular formula is C14H18N2. The van der Waals surface area contributed by atoms with Crippen molar-refractivity contribution >= 4 is 5.71 Å². The highest BCUT2D eigenvalue weighted by atomic mass is 14.9. The summed E-state index contributed by atoms with van der Waals surface area (Å²) in [6.45, 7) is 3.27. The molecule has 2 aliphatic rings. The number of fused-ring (bicyclic) bond motifs is 1. The Hall–Kier alpha value is -1.15. The van der Waals surface area contributed by atoms with Crippen molar-refractivity contribution in [1.82, 2.24) is 5.32 Å². The number of rotatable bonds is 1. The Morgan fingerprint density at radius 1 is 1.12 bits per heavy atom. The molecule has 2 nitrogen and oxygen atoms in total. The first-order chi connectivity index (χ1) is 7.95. The van der Waals surface area contributed by atoms with Gasteiger partial charge in [-0.2, -0.15) is 0 Å². The minimum Gasteiger partial charge on any atom is -0.317 e. The van der Waals surface area contributed by atoms with Gasteiger partial charge in [-0.25, -0.2) is 0 Å². The molecule has 1 aromatic carbocycles. The van der Waals surface area contributed by atoms with Crippen LogP contribution < -0.4 is 5.32 Å². The van der Waals surface area contributed by atoms with Crippen molar-refractivity contribution in [3.05, 3.63) is 35.4 Å². The Bertz CT molecular complexity index is 403. The van der Waals surface area contributed by atoms with Crippen LogP contribution in [0.4, 0.5) is 0 Å². The van der Waals surface area contributed by atoms with E-state index in [1.165, 1.54) is 29.7 Å². The summed E-state index contributed by atoms with van der Waals surface area (Å²) >= 11 is 0. The van der Waals surface area contributed by atoms with Crippen molar-refractivity contribution < 1.29 is 0 Å². The van der Waals surface area contributed by atoms with E-state index in [4.69, 9.17) is 4.99 Å². The van der Waals surface area contributed by atoms with Gasteiger partial charge in [0.05, 0.1) is 0 Å². The van der Waals surface area contributed by atoms with Gasteiger partial charge in [-0.3, -0.25) is 4.99 Å². The number of aliphatic imine (C=N–C) groups is 1. The van der Waals surface area contributed by atoms with Gasteiger partial charge in [-0.05, 0) is 43.5 Å². The zero-order chi connectivity index (χ0) is 10.8. The molecule has 0 bridgehead atoms. The number of benzene rings is 1. The fourth-order valence-corrected chi connectivity index (χ4v) is 2.81. The molecule has 0 spiro atoms. The van der Waals surface area contributed by atoms with E-state index in [1.54, 1.807) is 0 Å². The lowest BCUT2D eigenvalue weighted by atomic mass is 9.85. The SMILES string of the molecule is c1ccc2c(c1)CCN=C2C1CCNCC1. The van der Waals surface area contributed by atoms with Crippen LogP contribution in [0.2, 0.25) is 0 Å². The Morgan fingerprint density at radius 3 is 2.81 bits per heavy atom. The van der Waals surface area contributed by atoms with Gasteiger partial charge in [0.2, 0.25) is 0 Å². The third-order valence-corrected chi connectivity index (χ3v) is 3.68. The lowest BCUT2D eigenvalue weighted by Gasteiger charge is -2.27. The predicted octanol–water partition coefficient (Wildman–Crippen LogP) is 2.03.